The molecule has 0 aromatic carbocycles. The number of halogens is 1. The fraction of sp³-hybridized carbons (Fsp3) is 0.917. The highest BCUT2D eigenvalue weighted by atomic mass is 35.5. The van der Waals surface area contributed by atoms with E-state index < -0.39 is 0 Å². The van der Waals surface area contributed by atoms with Gasteiger partial charge in [0.05, 0.1) is 0 Å². The van der Waals surface area contributed by atoms with Gasteiger partial charge >= 0.3 is 0 Å². The largest absolute Gasteiger partial charge is 0.353 e. The second-order valence-corrected chi connectivity index (χ2v) is 5.13. The maximum absolute atomic E-state index is 11.6. The lowest BCUT2D eigenvalue weighted by atomic mass is 10.0. The quantitative estimate of drug-likeness (QED) is 0.795. The van der Waals surface area contributed by atoms with E-state index in [9.17, 15) is 4.79 Å². The highest BCUT2D eigenvalue weighted by Crippen LogP contribution is 2.33. The first-order chi connectivity index (χ1) is 7.24. The molecule has 1 aliphatic heterocycles. The molecule has 1 saturated heterocycles. The first-order valence-electron chi connectivity index (χ1n) is 6.27. The molecule has 1 heterocycles. The molecule has 2 fully saturated rings. The molecular formula is C12H23ClN2O. The van der Waals surface area contributed by atoms with Gasteiger partial charge in [-0.3, -0.25) is 4.79 Å². The minimum Gasteiger partial charge on any atom is -0.353 e. The smallest absolute Gasteiger partial charge is 0.220 e. The van der Waals surface area contributed by atoms with E-state index in [1.165, 1.54) is 12.8 Å². The van der Waals surface area contributed by atoms with Crippen molar-refractivity contribution in [1.29, 1.82) is 0 Å². The molecule has 1 aliphatic carbocycles. The monoisotopic (exact) mass is 246 g/mol. The molecule has 2 unspecified atom stereocenters. The zero-order valence-corrected chi connectivity index (χ0v) is 10.8. The van der Waals surface area contributed by atoms with Crippen LogP contribution in [0.3, 0.4) is 0 Å². The number of hydrogen-bond donors (Lipinski definition) is 2. The SMILES string of the molecule is CC1CC(NC(=O)CCC2CC2)CCN1.Cl. The average Bonchev–Trinajstić information content (AvgIpc) is 2.98. The maximum Gasteiger partial charge on any atom is 0.220 e. The molecule has 2 aliphatic rings. The van der Waals surface area contributed by atoms with E-state index in [0.29, 0.717) is 12.1 Å². The summed E-state index contributed by atoms with van der Waals surface area (Å²) in [6.07, 6.45) is 6.69. The predicted octanol–water partition coefficient (Wildman–Crippen LogP) is 1.86. The lowest BCUT2D eigenvalue weighted by Gasteiger charge is -2.28. The second kappa shape index (κ2) is 6.45. The summed E-state index contributed by atoms with van der Waals surface area (Å²) in [5.74, 6) is 1.13. The van der Waals surface area contributed by atoms with Crippen LogP contribution in [0.4, 0.5) is 0 Å². The van der Waals surface area contributed by atoms with Crippen molar-refractivity contribution in [2.24, 2.45) is 5.92 Å². The molecule has 0 aromatic rings. The highest BCUT2D eigenvalue weighted by molar-refractivity contribution is 5.85. The first-order valence-corrected chi connectivity index (χ1v) is 6.27. The zero-order chi connectivity index (χ0) is 10.7. The Morgan fingerprint density at radius 2 is 2.12 bits per heavy atom. The summed E-state index contributed by atoms with van der Waals surface area (Å²) in [6.45, 7) is 3.22. The Labute approximate surface area is 104 Å². The third-order valence-electron chi connectivity index (χ3n) is 3.47. The van der Waals surface area contributed by atoms with E-state index in [1.54, 1.807) is 0 Å². The van der Waals surface area contributed by atoms with Gasteiger partial charge in [-0.05, 0) is 38.6 Å². The van der Waals surface area contributed by atoms with Crippen LogP contribution in [0.2, 0.25) is 0 Å². The lowest BCUT2D eigenvalue weighted by molar-refractivity contribution is -0.122. The van der Waals surface area contributed by atoms with Gasteiger partial charge in [-0.15, -0.1) is 12.4 Å². The molecule has 3 nitrogen and oxygen atoms in total. The van der Waals surface area contributed by atoms with Gasteiger partial charge in [0.25, 0.3) is 0 Å². The minimum atomic E-state index is 0. The number of hydrogen-bond acceptors (Lipinski definition) is 2. The van der Waals surface area contributed by atoms with E-state index in [-0.39, 0.29) is 18.3 Å². The Kier molecular flexibility index (Phi) is 5.56. The average molecular weight is 247 g/mol. The van der Waals surface area contributed by atoms with Crippen LogP contribution in [-0.4, -0.2) is 24.5 Å². The summed E-state index contributed by atoms with van der Waals surface area (Å²) >= 11 is 0. The lowest BCUT2D eigenvalue weighted by Crippen LogP contribution is -2.46. The maximum atomic E-state index is 11.6. The summed E-state index contributed by atoms with van der Waals surface area (Å²) < 4.78 is 0. The molecule has 4 heteroatoms. The molecule has 0 bridgehead atoms. The van der Waals surface area contributed by atoms with Crippen molar-refractivity contribution in [2.45, 2.75) is 57.5 Å². The predicted molar refractivity (Wildman–Crippen MR) is 67.8 cm³/mol. The van der Waals surface area contributed by atoms with E-state index in [2.05, 4.69) is 17.6 Å². The first kappa shape index (κ1) is 13.8. The van der Waals surface area contributed by atoms with Gasteiger partial charge in [-0.1, -0.05) is 12.8 Å². The summed E-state index contributed by atoms with van der Waals surface area (Å²) in [6, 6.07) is 0.959. The van der Waals surface area contributed by atoms with Crippen molar-refractivity contribution in [3.05, 3.63) is 0 Å². The fourth-order valence-corrected chi connectivity index (χ4v) is 2.30. The van der Waals surface area contributed by atoms with Crippen LogP contribution in [-0.2, 0) is 4.79 Å². The van der Waals surface area contributed by atoms with E-state index >= 15 is 0 Å². The van der Waals surface area contributed by atoms with Crippen molar-refractivity contribution < 1.29 is 4.79 Å². The van der Waals surface area contributed by atoms with Gasteiger partial charge in [0.2, 0.25) is 5.91 Å². The van der Waals surface area contributed by atoms with Crippen LogP contribution in [0.15, 0.2) is 0 Å². The van der Waals surface area contributed by atoms with E-state index in [4.69, 9.17) is 0 Å². The molecule has 2 N–H and O–H groups in total. The standard InChI is InChI=1S/C12H22N2O.ClH/c1-9-8-11(6-7-13-9)14-12(15)5-4-10-2-3-10;/h9-11,13H,2-8H2,1H3,(H,14,15);1H. The van der Waals surface area contributed by atoms with Crippen molar-refractivity contribution in [1.82, 2.24) is 10.6 Å². The summed E-state index contributed by atoms with van der Waals surface area (Å²) in [7, 11) is 0. The molecule has 1 amide bonds. The number of piperidine rings is 1. The van der Waals surface area contributed by atoms with Crippen LogP contribution in [0, 0.1) is 5.92 Å². The van der Waals surface area contributed by atoms with E-state index in [1.807, 2.05) is 0 Å². The Balaban J connectivity index is 0.00000128. The Bertz CT molecular complexity index is 231. The van der Waals surface area contributed by atoms with Crippen molar-refractivity contribution >= 4 is 18.3 Å². The molecule has 2 rings (SSSR count). The second-order valence-electron chi connectivity index (χ2n) is 5.13. The van der Waals surface area contributed by atoms with Crippen LogP contribution in [0.5, 0.6) is 0 Å². The van der Waals surface area contributed by atoms with Crippen LogP contribution < -0.4 is 10.6 Å². The van der Waals surface area contributed by atoms with Gasteiger partial charge in [0, 0.05) is 18.5 Å². The zero-order valence-electron chi connectivity index (χ0n) is 10.00. The molecule has 1 saturated carbocycles. The number of nitrogens with one attached hydrogen (secondary N) is 2. The number of carbonyl (C=O) groups excluding carboxylic acids is 1. The molecule has 2 atom stereocenters. The van der Waals surface area contributed by atoms with Gasteiger partial charge < -0.3 is 10.6 Å². The Morgan fingerprint density at radius 3 is 2.75 bits per heavy atom. The summed E-state index contributed by atoms with van der Waals surface area (Å²) in [5, 5.41) is 6.55. The molecule has 16 heavy (non-hydrogen) atoms. The third-order valence-corrected chi connectivity index (χ3v) is 3.47. The number of amides is 1. The highest BCUT2D eigenvalue weighted by Gasteiger charge is 2.23. The normalized spacial score (nSPS) is 29.3. The van der Waals surface area contributed by atoms with E-state index in [0.717, 1.165) is 38.1 Å². The van der Waals surface area contributed by atoms with Crippen LogP contribution >= 0.6 is 12.4 Å². The number of rotatable bonds is 4. The molecular weight excluding hydrogens is 224 g/mol. The third kappa shape index (κ3) is 4.71. The topological polar surface area (TPSA) is 41.1 Å². The Morgan fingerprint density at radius 1 is 1.38 bits per heavy atom. The molecule has 0 aromatic heterocycles. The molecule has 0 radical (unpaired) electrons. The van der Waals surface area contributed by atoms with Gasteiger partial charge in [-0.2, -0.15) is 0 Å². The van der Waals surface area contributed by atoms with Crippen molar-refractivity contribution in [3.63, 3.8) is 0 Å². The van der Waals surface area contributed by atoms with Crippen molar-refractivity contribution in [2.75, 3.05) is 6.54 Å². The van der Waals surface area contributed by atoms with Crippen molar-refractivity contribution in [3.8, 4) is 0 Å². The minimum absolute atomic E-state index is 0. The van der Waals surface area contributed by atoms with Gasteiger partial charge in [0.1, 0.15) is 0 Å². The Hall–Kier alpha value is -0.280. The van der Waals surface area contributed by atoms with Gasteiger partial charge in [0.15, 0.2) is 0 Å². The summed E-state index contributed by atoms with van der Waals surface area (Å²) in [5.41, 5.74) is 0. The van der Waals surface area contributed by atoms with Crippen LogP contribution in [0.1, 0.15) is 45.4 Å². The number of carbonyl (C=O) groups is 1. The molecule has 94 valence electrons. The summed E-state index contributed by atoms with van der Waals surface area (Å²) in [4.78, 5) is 11.6. The fourth-order valence-electron chi connectivity index (χ4n) is 2.30. The molecule has 0 spiro atoms. The van der Waals surface area contributed by atoms with Crippen LogP contribution in [0.25, 0.3) is 0 Å². The van der Waals surface area contributed by atoms with Gasteiger partial charge in [-0.25, -0.2) is 0 Å².